The number of benzene rings is 6. The Bertz CT molecular complexity index is 2720. The first-order valence-electron chi connectivity index (χ1n) is 23.0. The van der Waals surface area contributed by atoms with Crippen LogP contribution in [0, 0.1) is 0 Å². The van der Waals surface area contributed by atoms with Gasteiger partial charge in [-0.1, -0.05) is 117 Å². The van der Waals surface area contributed by atoms with Crippen LogP contribution in [0.15, 0.2) is 72.8 Å². The smallest absolute Gasteiger partial charge is 0.344 e. The van der Waals surface area contributed by atoms with Gasteiger partial charge in [-0.25, -0.2) is 9.59 Å². The summed E-state index contributed by atoms with van der Waals surface area (Å²) < 4.78 is 43.4. The van der Waals surface area contributed by atoms with Gasteiger partial charge >= 0.3 is 11.9 Å². The van der Waals surface area contributed by atoms with E-state index in [2.05, 4.69) is 129 Å². The third-order valence-corrected chi connectivity index (χ3v) is 12.2. The Labute approximate surface area is 389 Å². The molecule has 0 aromatic heterocycles. The van der Waals surface area contributed by atoms with Crippen molar-refractivity contribution in [2.45, 2.75) is 132 Å². The summed E-state index contributed by atoms with van der Waals surface area (Å²) >= 11 is 0. The van der Waals surface area contributed by atoms with Crippen molar-refractivity contribution in [1.29, 1.82) is 0 Å². The Morgan fingerprint density at radius 1 is 0.485 bits per heavy atom. The topological polar surface area (TPSA) is 119 Å². The van der Waals surface area contributed by atoms with Gasteiger partial charge in [-0.2, -0.15) is 0 Å². The number of hydrogen-bond donors (Lipinski definition) is 1. The first-order valence-corrected chi connectivity index (χ1v) is 23.0. The number of rotatable bonds is 8. The molecule has 6 aromatic rings. The molecule has 0 radical (unpaired) electrons. The predicted molar refractivity (Wildman–Crippen MR) is 259 cm³/mol. The van der Waals surface area contributed by atoms with Crippen LogP contribution in [0.1, 0.15) is 126 Å². The van der Waals surface area contributed by atoms with Crippen molar-refractivity contribution in [3.05, 3.63) is 123 Å². The van der Waals surface area contributed by atoms with Crippen LogP contribution in [0.5, 0.6) is 17.2 Å². The van der Waals surface area contributed by atoms with Crippen LogP contribution in [0.4, 0.5) is 0 Å². The number of ether oxygens (including phenoxy) is 7. The molecule has 0 unspecified atom stereocenters. The average molecular weight is 899 g/mol. The average Bonchev–Trinajstić information content (AvgIpc) is 3.24. The number of carbonyl (C=O) groups is 2. The molecule has 10 heteroatoms. The fourth-order valence-corrected chi connectivity index (χ4v) is 8.56. The largest absolute Gasteiger partial charge is 0.507 e. The monoisotopic (exact) mass is 898 g/mol. The Balaban J connectivity index is 1.46. The van der Waals surface area contributed by atoms with Crippen molar-refractivity contribution in [2.24, 2.45) is 0 Å². The normalized spacial score (nSPS) is 14.2. The highest BCUT2D eigenvalue weighted by molar-refractivity contribution is 5.92. The summed E-state index contributed by atoms with van der Waals surface area (Å²) in [6.07, 6.45) is 0. The predicted octanol–water partition coefficient (Wildman–Crippen LogP) is 12.1. The zero-order valence-electron chi connectivity index (χ0n) is 40.6. The second kappa shape index (κ2) is 19.7. The molecule has 0 amide bonds. The lowest BCUT2D eigenvalue weighted by atomic mass is 9.85. The zero-order valence-corrected chi connectivity index (χ0v) is 40.6. The van der Waals surface area contributed by atoms with Gasteiger partial charge < -0.3 is 38.3 Å². The number of phenolic OH excluding ortho intramolecular Hbond substituents is 1. The molecule has 0 spiro atoms. The second-order valence-corrected chi connectivity index (χ2v) is 20.3. The van der Waals surface area contributed by atoms with E-state index in [4.69, 9.17) is 33.2 Å². The maximum Gasteiger partial charge on any atom is 0.344 e. The highest BCUT2D eigenvalue weighted by atomic mass is 16.6. The van der Waals surface area contributed by atoms with Crippen LogP contribution in [0.3, 0.4) is 0 Å². The van der Waals surface area contributed by atoms with E-state index in [1.165, 1.54) is 0 Å². The lowest BCUT2D eigenvalue weighted by Gasteiger charge is -2.24. The summed E-state index contributed by atoms with van der Waals surface area (Å²) in [6, 6.07) is 25.2. The Hall–Kier alpha value is -5.68. The van der Waals surface area contributed by atoms with E-state index in [0.717, 1.165) is 60.1 Å². The number of hydrogen-bond acceptors (Lipinski definition) is 10. The molecular weight excluding hydrogens is 833 g/mol. The van der Waals surface area contributed by atoms with Crippen molar-refractivity contribution in [3.8, 4) is 17.2 Å². The molecule has 0 aliphatic carbocycles. The third-order valence-electron chi connectivity index (χ3n) is 12.2. The van der Waals surface area contributed by atoms with Crippen LogP contribution in [-0.4, -0.2) is 43.5 Å². The van der Waals surface area contributed by atoms with Gasteiger partial charge in [-0.05, 0) is 97.3 Å². The molecule has 350 valence electrons. The maximum absolute atomic E-state index is 12.9. The molecule has 0 atom stereocenters. The van der Waals surface area contributed by atoms with Gasteiger partial charge in [0.1, 0.15) is 17.2 Å². The first-order chi connectivity index (χ1) is 31.3. The van der Waals surface area contributed by atoms with E-state index < -0.39 is 11.9 Å². The number of aromatic hydroxyl groups is 1. The van der Waals surface area contributed by atoms with Crippen LogP contribution in [-0.2, 0) is 89.2 Å². The fourth-order valence-electron chi connectivity index (χ4n) is 8.56. The van der Waals surface area contributed by atoms with Crippen molar-refractivity contribution in [2.75, 3.05) is 26.4 Å². The summed E-state index contributed by atoms with van der Waals surface area (Å²) in [4.78, 5) is 25.8. The zero-order chi connectivity index (χ0) is 47.6. The number of fused-ring (bicyclic) bond motifs is 12. The van der Waals surface area contributed by atoms with Crippen molar-refractivity contribution in [1.82, 2.24) is 0 Å². The molecule has 1 heterocycles. The SMILES string of the molecule is CCOC(=O)COc1c2cc3cc(C(C)(C)C)ccc3c1COCc1cc3cc(C(C)(C)C)ccc3c(c1O)COCc1cc3cc(C(C)(C)C)ccc3c(c1OCC(=O)OCC)COC2. The molecule has 1 N–H and O–H groups in total. The molecule has 66 heavy (non-hydrogen) atoms. The van der Waals surface area contributed by atoms with E-state index in [1.807, 2.05) is 6.07 Å². The van der Waals surface area contributed by atoms with Gasteiger partial charge in [-0.3, -0.25) is 0 Å². The highest BCUT2D eigenvalue weighted by Crippen LogP contribution is 2.41. The molecule has 10 nitrogen and oxygen atoms in total. The van der Waals surface area contributed by atoms with Gasteiger partial charge in [0.05, 0.1) is 52.9 Å². The van der Waals surface area contributed by atoms with Crippen LogP contribution >= 0.6 is 0 Å². The first kappa shape index (κ1) is 48.3. The molecule has 1 aliphatic heterocycles. The standard InChI is InChI=1S/C56H66O10/c1-12-63-49(57)32-65-52-38-21-35-24-42(56(9,10)11)16-19-45(35)48(52)31-62-28-39-22-36-25-41(55(6,7)8)15-18-44(36)47(53(39)66-33-50(58)64-13-2)30-60-26-37-20-34-23-40(54(3,4)5)14-17-43(34)46(51(37)59)29-61-27-38/h14-25,59H,12-13,26-33H2,1-11H3. The fraction of sp³-hybridized carbons (Fsp3) is 0.429. The minimum atomic E-state index is -0.499. The summed E-state index contributed by atoms with van der Waals surface area (Å²) in [5.41, 5.74) is 7.17. The van der Waals surface area contributed by atoms with Crippen LogP contribution in [0.2, 0.25) is 0 Å². The molecule has 7 rings (SSSR count). The van der Waals surface area contributed by atoms with Crippen LogP contribution < -0.4 is 9.47 Å². The summed E-state index contributed by atoms with van der Waals surface area (Å²) in [5, 5.41) is 17.7. The molecular formula is C56H66O10. The van der Waals surface area contributed by atoms with E-state index >= 15 is 0 Å². The molecule has 0 saturated heterocycles. The van der Waals surface area contributed by atoms with Gasteiger partial charge in [0.2, 0.25) is 0 Å². The molecule has 0 fully saturated rings. The van der Waals surface area contributed by atoms with E-state index in [9.17, 15) is 14.7 Å². The number of carbonyl (C=O) groups excluding carboxylic acids is 2. The second-order valence-electron chi connectivity index (χ2n) is 20.3. The van der Waals surface area contributed by atoms with E-state index in [0.29, 0.717) is 33.8 Å². The van der Waals surface area contributed by atoms with Gasteiger partial charge in [0.25, 0.3) is 0 Å². The summed E-state index contributed by atoms with van der Waals surface area (Å²) in [7, 11) is 0. The highest BCUT2D eigenvalue weighted by Gasteiger charge is 2.25. The Morgan fingerprint density at radius 3 is 1.18 bits per heavy atom. The third kappa shape index (κ3) is 10.8. The van der Waals surface area contributed by atoms with E-state index in [1.54, 1.807) is 13.8 Å². The van der Waals surface area contributed by atoms with Gasteiger partial charge in [-0.15, -0.1) is 0 Å². The minimum absolute atomic E-state index is 0.0723. The maximum atomic E-state index is 12.9. The van der Waals surface area contributed by atoms with Gasteiger partial charge in [0.15, 0.2) is 13.2 Å². The van der Waals surface area contributed by atoms with Gasteiger partial charge in [0, 0.05) is 33.4 Å². The molecule has 6 aromatic carbocycles. The summed E-state index contributed by atoms with van der Waals surface area (Å²) in [6.45, 7) is 23.4. The molecule has 1 aliphatic rings. The Kier molecular flexibility index (Phi) is 14.4. The van der Waals surface area contributed by atoms with E-state index in [-0.39, 0.29) is 88.1 Å². The number of esters is 2. The summed E-state index contributed by atoms with van der Waals surface area (Å²) in [5.74, 6) is -0.000120. The Morgan fingerprint density at radius 2 is 0.818 bits per heavy atom. The molecule has 0 saturated carbocycles. The van der Waals surface area contributed by atoms with Crippen molar-refractivity contribution < 1.29 is 47.9 Å². The molecule has 6 bridgehead atoms. The minimum Gasteiger partial charge on any atom is -0.507 e. The quantitative estimate of drug-likeness (QED) is 0.148. The van der Waals surface area contributed by atoms with Crippen molar-refractivity contribution in [3.63, 3.8) is 0 Å². The number of phenols is 1. The lowest BCUT2D eigenvalue weighted by Crippen LogP contribution is -2.17. The lowest BCUT2D eigenvalue weighted by molar-refractivity contribution is -0.146. The van der Waals surface area contributed by atoms with Crippen LogP contribution in [0.25, 0.3) is 32.3 Å². The van der Waals surface area contributed by atoms with Crippen molar-refractivity contribution >= 4 is 44.3 Å².